The van der Waals surface area contributed by atoms with Gasteiger partial charge in [-0.3, -0.25) is 4.68 Å². The normalized spacial score (nSPS) is 10.8. The third-order valence-corrected chi connectivity index (χ3v) is 5.02. The predicted molar refractivity (Wildman–Crippen MR) is 107 cm³/mol. The van der Waals surface area contributed by atoms with Gasteiger partial charge in [0.2, 0.25) is 0 Å². The summed E-state index contributed by atoms with van der Waals surface area (Å²) < 4.78 is 3.71. The van der Waals surface area contributed by atoms with Gasteiger partial charge in [0.05, 0.1) is 28.5 Å². The first kappa shape index (κ1) is 18.0. The number of nitriles is 1. The van der Waals surface area contributed by atoms with Crippen LogP contribution in [0.4, 0.5) is 0 Å². The number of benzene rings is 2. The van der Waals surface area contributed by atoms with Gasteiger partial charge in [-0.15, -0.1) is 0 Å². The Morgan fingerprint density at radius 2 is 1.89 bits per heavy atom. The van der Waals surface area contributed by atoms with Gasteiger partial charge in [0.15, 0.2) is 0 Å². The lowest BCUT2D eigenvalue weighted by molar-refractivity contribution is 0.659. The van der Waals surface area contributed by atoms with E-state index >= 15 is 0 Å². The number of rotatable bonds is 4. The highest BCUT2D eigenvalue weighted by molar-refractivity contribution is 6.32. The molecule has 0 aliphatic carbocycles. The van der Waals surface area contributed by atoms with E-state index in [1.807, 2.05) is 42.8 Å². The molecule has 7 heteroatoms. The lowest BCUT2D eigenvalue weighted by Gasteiger charge is -2.08. The van der Waals surface area contributed by atoms with Crippen molar-refractivity contribution in [2.75, 3.05) is 0 Å². The van der Waals surface area contributed by atoms with E-state index in [2.05, 4.69) is 28.3 Å². The Morgan fingerprint density at radius 3 is 2.54 bits per heavy atom. The molecule has 4 rings (SSSR count). The summed E-state index contributed by atoms with van der Waals surface area (Å²) in [4.78, 5) is 3.97. The van der Waals surface area contributed by atoms with Crippen molar-refractivity contribution in [1.29, 1.82) is 5.26 Å². The fourth-order valence-corrected chi connectivity index (χ4v) is 3.52. The molecule has 6 nitrogen and oxygen atoms in total. The lowest BCUT2D eigenvalue weighted by Crippen LogP contribution is -2.04. The Morgan fingerprint density at radius 1 is 1.11 bits per heavy atom. The second-order valence-electron chi connectivity index (χ2n) is 6.52. The van der Waals surface area contributed by atoms with E-state index in [1.165, 1.54) is 6.33 Å². The minimum absolute atomic E-state index is 0.454. The van der Waals surface area contributed by atoms with Gasteiger partial charge in [-0.05, 0) is 49.2 Å². The fourth-order valence-electron chi connectivity index (χ4n) is 3.30. The molecule has 0 saturated heterocycles. The van der Waals surface area contributed by atoms with Gasteiger partial charge in [-0.2, -0.15) is 15.5 Å². The first-order valence-corrected chi connectivity index (χ1v) is 9.12. The maximum Gasteiger partial charge on any atom is 0.138 e. The summed E-state index contributed by atoms with van der Waals surface area (Å²) >= 11 is 6.22. The zero-order valence-corrected chi connectivity index (χ0v) is 16.2. The van der Waals surface area contributed by atoms with E-state index in [-0.39, 0.29) is 0 Å². The van der Waals surface area contributed by atoms with Crippen molar-refractivity contribution >= 4 is 11.6 Å². The van der Waals surface area contributed by atoms with Crippen molar-refractivity contribution in [3.05, 3.63) is 82.7 Å². The molecule has 0 aliphatic heterocycles. The molecule has 0 spiro atoms. The Bertz CT molecular complexity index is 1170. The Labute approximate surface area is 167 Å². The molecule has 0 atom stereocenters. The summed E-state index contributed by atoms with van der Waals surface area (Å²) in [5, 5.41) is 18.4. The predicted octanol–water partition coefficient (Wildman–Crippen LogP) is 4.32. The zero-order valence-electron chi connectivity index (χ0n) is 15.5. The average molecular weight is 389 g/mol. The maximum atomic E-state index is 9.08. The molecule has 0 amide bonds. The summed E-state index contributed by atoms with van der Waals surface area (Å²) in [6, 6.07) is 15.7. The van der Waals surface area contributed by atoms with E-state index < -0.39 is 0 Å². The van der Waals surface area contributed by atoms with Gasteiger partial charge in [0, 0.05) is 11.3 Å². The molecule has 2 aromatic carbocycles. The molecule has 0 radical (unpaired) electrons. The van der Waals surface area contributed by atoms with Crippen molar-refractivity contribution in [2.24, 2.45) is 0 Å². The topological polar surface area (TPSA) is 72.3 Å². The number of hydrogen-bond donors (Lipinski definition) is 0. The van der Waals surface area contributed by atoms with Crippen molar-refractivity contribution in [1.82, 2.24) is 24.5 Å². The summed E-state index contributed by atoms with van der Waals surface area (Å²) in [6.45, 7) is 4.69. The molecule has 4 aromatic rings. The van der Waals surface area contributed by atoms with Crippen LogP contribution in [-0.4, -0.2) is 24.5 Å². The maximum absolute atomic E-state index is 9.08. The van der Waals surface area contributed by atoms with Crippen LogP contribution >= 0.6 is 11.6 Å². The van der Waals surface area contributed by atoms with Gasteiger partial charge in [-0.1, -0.05) is 29.8 Å². The monoisotopic (exact) mass is 388 g/mol. The van der Waals surface area contributed by atoms with Gasteiger partial charge in [0.25, 0.3) is 0 Å². The molecule has 0 saturated carbocycles. The average Bonchev–Trinajstić information content (AvgIpc) is 3.31. The van der Waals surface area contributed by atoms with E-state index in [9.17, 15) is 0 Å². The quantitative estimate of drug-likeness (QED) is 0.522. The standard InChI is InChI=1S/C21H17ClN6/c1-14-21(17-5-6-18(10-23)20(22)9-17)15(2)27(26-14)11-16-3-7-19(8-4-16)28-13-24-12-25-28/h3-9,12-13H,11H2,1-2H3. The molecule has 2 heterocycles. The van der Waals surface area contributed by atoms with Crippen LogP contribution in [0.25, 0.3) is 16.8 Å². The zero-order chi connectivity index (χ0) is 19.7. The van der Waals surface area contributed by atoms with Crippen LogP contribution in [-0.2, 0) is 6.54 Å². The third-order valence-electron chi connectivity index (χ3n) is 4.71. The van der Waals surface area contributed by atoms with E-state index in [0.29, 0.717) is 17.1 Å². The first-order chi connectivity index (χ1) is 13.6. The SMILES string of the molecule is Cc1nn(Cc2ccc(-n3cncn3)cc2)c(C)c1-c1ccc(C#N)c(Cl)c1. The fraction of sp³-hybridized carbons (Fsp3) is 0.143. The minimum atomic E-state index is 0.454. The smallest absolute Gasteiger partial charge is 0.138 e. The highest BCUT2D eigenvalue weighted by Crippen LogP contribution is 2.30. The van der Waals surface area contributed by atoms with Gasteiger partial charge >= 0.3 is 0 Å². The number of aryl methyl sites for hydroxylation is 1. The highest BCUT2D eigenvalue weighted by Gasteiger charge is 2.15. The summed E-state index contributed by atoms with van der Waals surface area (Å²) in [6.07, 6.45) is 3.19. The number of aromatic nitrogens is 5. The number of nitrogens with zero attached hydrogens (tertiary/aromatic N) is 6. The Balaban J connectivity index is 1.63. The molecule has 0 aliphatic rings. The summed E-state index contributed by atoms with van der Waals surface area (Å²) in [5.41, 5.74) is 6.57. The molecule has 2 aromatic heterocycles. The molecule has 0 N–H and O–H groups in total. The Hall–Kier alpha value is -3.43. The lowest BCUT2D eigenvalue weighted by atomic mass is 10.0. The largest absolute Gasteiger partial charge is 0.265 e. The van der Waals surface area contributed by atoms with Crippen LogP contribution in [0.5, 0.6) is 0 Å². The number of hydrogen-bond acceptors (Lipinski definition) is 4. The van der Waals surface area contributed by atoms with Crippen molar-refractivity contribution in [3.8, 4) is 22.9 Å². The molecular formula is C21H17ClN6. The van der Waals surface area contributed by atoms with E-state index in [1.54, 1.807) is 17.1 Å². The van der Waals surface area contributed by atoms with Crippen LogP contribution in [0.15, 0.2) is 55.1 Å². The highest BCUT2D eigenvalue weighted by atomic mass is 35.5. The molecular weight excluding hydrogens is 372 g/mol. The van der Waals surface area contributed by atoms with Gasteiger partial charge in [-0.25, -0.2) is 9.67 Å². The van der Waals surface area contributed by atoms with Crippen molar-refractivity contribution in [3.63, 3.8) is 0 Å². The van der Waals surface area contributed by atoms with Crippen LogP contribution in [0.1, 0.15) is 22.5 Å². The molecule has 28 heavy (non-hydrogen) atoms. The van der Waals surface area contributed by atoms with Crippen LogP contribution in [0.2, 0.25) is 5.02 Å². The van der Waals surface area contributed by atoms with E-state index in [4.69, 9.17) is 22.0 Å². The second kappa shape index (κ2) is 7.29. The summed E-state index contributed by atoms with van der Waals surface area (Å²) in [5.74, 6) is 0. The summed E-state index contributed by atoms with van der Waals surface area (Å²) in [7, 11) is 0. The third kappa shape index (κ3) is 3.28. The van der Waals surface area contributed by atoms with Crippen LogP contribution < -0.4 is 0 Å². The van der Waals surface area contributed by atoms with Gasteiger partial charge in [0.1, 0.15) is 18.7 Å². The molecule has 0 unspecified atom stereocenters. The molecule has 0 fully saturated rings. The Kier molecular flexibility index (Phi) is 4.68. The minimum Gasteiger partial charge on any atom is -0.265 e. The number of halogens is 1. The van der Waals surface area contributed by atoms with Crippen molar-refractivity contribution < 1.29 is 0 Å². The van der Waals surface area contributed by atoms with Crippen LogP contribution in [0.3, 0.4) is 0 Å². The molecule has 0 bridgehead atoms. The first-order valence-electron chi connectivity index (χ1n) is 8.75. The second-order valence-corrected chi connectivity index (χ2v) is 6.92. The van der Waals surface area contributed by atoms with Crippen molar-refractivity contribution in [2.45, 2.75) is 20.4 Å². The van der Waals surface area contributed by atoms with Gasteiger partial charge < -0.3 is 0 Å². The van der Waals surface area contributed by atoms with E-state index in [0.717, 1.165) is 33.8 Å². The molecule has 138 valence electrons. The van der Waals surface area contributed by atoms with Crippen LogP contribution in [0, 0.1) is 25.2 Å².